The molecule has 1 aromatic rings. The van der Waals surface area contributed by atoms with Crippen LogP contribution in [0.25, 0.3) is 0 Å². The van der Waals surface area contributed by atoms with E-state index in [9.17, 15) is 9.59 Å². The zero-order valence-electron chi connectivity index (χ0n) is 12.0. The number of ether oxygens (including phenoxy) is 2. The van der Waals surface area contributed by atoms with Gasteiger partial charge in [-0.25, -0.2) is 9.59 Å². The van der Waals surface area contributed by atoms with E-state index in [2.05, 4.69) is 0 Å². The van der Waals surface area contributed by atoms with E-state index < -0.39 is 0 Å². The van der Waals surface area contributed by atoms with Crippen LogP contribution in [0.3, 0.4) is 0 Å². The van der Waals surface area contributed by atoms with Crippen molar-refractivity contribution in [3.05, 3.63) is 35.4 Å². The summed E-state index contributed by atoms with van der Waals surface area (Å²) in [5.74, 6) is -0.254. The Kier molecular flexibility index (Phi) is 3.79. The fourth-order valence-corrected chi connectivity index (χ4v) is 2.90. The van der Waals surface area contributed by atoms with Gasteiger partial charge < -0.3 is 9.47 Å². The number of piperazine rings is 1. The predicted molar refractivity (Wildman–Crippen MR) is 73.9 cm³/mol. The summed E-state index contributed by atoms with van der Waals surface area (Å²) in [6.45, 7) is 4.90. The van der Waals surface area contributed by atoms with Crippen LogP contribution in [0, 0.1) is 0 Å². The van der Waals surface area contributed by atoms with Crippen LogP contribution in [-0.2, 0) is 9.47 Å². The van der Waals surface area contributed by atoms with E-state index in [0.29, 0.717) is 25.3 Å². The summed E-state index contributed by atoms with van der Waals surface area (Å²) in [5, 5.41) is 0. The number of cyclic esters (lactones) is 1. The van der Waals surface area contributed by atoms with Crippen molar-refractivity contribution in [2.75, 3.05) is 32.8 Å². The molecule has 2 aliphatic heterocycles. The van der Waals surface area contributed by atoms with E-state index in [-0.39, 0.29) is 18.3 Å². The molecular formula is C15H19N2O4+. The lowest BCUT2D eigenvalue weighted by atomic mass is 10.1. The summed E-state index contributed by atoms with van der Waals surface area (Å²) in [4.78, 5) is 26.4. The number of amides is 1. The average Bonchev–Trinajstić information content (AvgIpc) is 2.85. The summed E-state index contributed by atoms with van der Waals surface area (Å²) < 4.78 is 10.5. The largest absolute Gasteiger partial charge is 0.450 e. The van der Waals surface area contributed by atoms with Gasteiger partial charge >= 0.3 is 12.1 Å². The SMILES string of the molecule is CCOC(=O)N1CC[NH+]([C@H]2OC(=O)c3ccccc32)CC1. The smallest absolute Gasteiger partial charge is 0.410 e. The molecular weight excluding hydrogens is 272 g/mol. The van der Waals surface area contributed by atoms with Crippen molar-refractivity contribution in [3.63, 3.8) is 0 Å². The highest BCUT2D eigenvalue weighted by Crippen LogP contribution is 2.26. The Morgan fingerprint density at radius 2 is 2.10 bits per heavy atom. The molecule has 6 heteroatoms. The van der Waals surface area contributed by atoms with E-state index >= 15 is 0 Å². The van der Waals surface area contributed by atoms with Crippen LogP contribution in [0.1, 0.15) is 29.1 Å². The second kappa shape index (κ2) is 5.73. The van der Waals surface area contributed by atoms with Crippen LogP contribution in [0.4, 0.5) is 4.79 Å². The Labute approximate surface area is 123 Å². The number of nitrogens with one attached hydrogen (secondary N) is 1. The van der Waals surface area contributed by atoms with Crippen LogP contribution in [0.15, 0.2) is 24.3 Å². The van der Waals surface area contributed by atoms with Crippen LogP contribution < -0.4 is 4.90 Å². The van der Waals surface area contributed by atoms with Crippen molar-refractivity contribution in [3.8, 4) is 0 Å². The fourth-order valence-electron chi connectivity index (χ4n) is 2.90. The molecule has 1 amide bonds. The predicted octanol–water partition coefficient (Wildman–Crippen LogP) is 0.213. The lowest BCUT2D eigenvalue weighted by Crippen LogP contribution is -3.15. The minimum absolute atomic E-state index is 0.252. The molecule has 0 spiro atoms. The molecule has 21 heavy (non-hydrogen) atoms. The Balaban J connectivity index is 1.66. The first-order valence-electron chi connectivity index (χ1n) is 7.27. The summed E-state index contributed by atoms with van der Waals surface area (Å²) in [5.41, 5.74) is 1.60. The zero-order valence-corrected chi connectivity index (χ0v) is 12.0. The number of fused-ring (bicyclic) bond motifs is 1. The molecule has 0 bridgehead atoms. The maximum Gasteiger partial charge on any atom is 0.410 e. The van der Waals surface area contributed by atoms with Gasteiger partial charge in [-0.2, -0.15) is 0 Å². The van der Waals surface area contributed by atoms with Gasteiger partial charge in [0.2, 0.25) is 0 Å². The summed E-state index contributed by atoms with van der Waals surface area (Å²) >= 11 is 0. The van der Waals surface area contributed by atoms with E-state index in [1.807, 2.05) is 18.2 Å². The van der Waals surface area contributed by atoms with Crippen LogP contribution in [0.2, 0.25) is 0 Å². The van der Waals surface area contributed by atoms with Crippen molar-refractivity contribution in [1.82, 2.24) is 4.90 Å². The number of nitrogens with zero attached hydrogens (tertiary/aromatic N) is 1. The molecule has 0 aromatic heterocycles. The Hall–Kier alpha value is -2.08. The van der Waals surface area contributed by atoms with Crippen LogP contribution in [0.5, 0.6) is 0 Å². The minimum Gasteiger partial charge on any atom is -0.450 e. The topological polar surface area (TPSA) is 60.3 Å². The fraction of sp³-hybridized carbons (Fsp3) is 0.467. The molecule has 1 N–H and O–H groups in total. The van der Waals surface area contributed by atoms with Gasteiger partial charge in [0.05, 0.1) is 43.9 Å². The summed E-state index contributed by atoms with van der Waals surface area (Å²) in [6, 6.07) is 7.50. The summed E-state index contributed by atoms with van der Waals surface area (Å²) in [6.07, 6.45) is -0.515. The van der Waals surface area contributed by atoms with Crippen LogP contribution >= 0.6 is 0 Å². The number of carbonyl (C=O) groups is 2. The molecule has 1 saturated heterocycles. The third kappa shape index (κ3) is 2.58. The van der Waals surface area contributed by atoms with Gasteiger partial charge in [0.25, 0.3) is 6.23 Å². The molecule has 3 rings (SSSR count). The van der Waals surface area contributed by atoms with Crippen molar-refractivity contribution in [1.29, 1.82) is 0 Å². The highest BCUT2D eigenvalue weighted by atomic mass is 16.6. The molecule has 1 aromatic carbocycles. The number of benzene rings is 1. The van der Waals surface area contributed by atoms with E-state index in [4.69, 9.17) is 9.47 Å². The first-order valence-corrected chi connectivity index (χ1v) is 7.27. The Bertz CT molecular complexity index is 552. The normalized spacial score (nSPS) is 21.9. The van der Waals surface area contributed by atoms with Gasteiger partial charge in [-0.3, -0.25) is 9.80 Å². The van der Waals surface area contributed by atoms with E-state index in [1.165, 1.54) is 4.90 Å². The number of hydrogen-bond donors (Lipinski definition) is 1. The lowest BCUT2D eigenvalue weighted by Gasteiger charge is -2.33. The van der Waals surface area contributed by atoms with Gasteiger partial charge in [-0.1, -0.05) is 12.1 Å². The third-order valence-electron chi connectivity index (χ3n) is 3.99. The number of rotatable bonds is 2. The average molecular weight is 291 g/mol. The number of hydrogen-bond acceptors (Lipinski definition) is 4. The maximum atomic E-state index is 11.9. The third-order valence-corrected chi connectivity index (χ3v) is 3.99. The second-order valence-corrected chi connectivity index (χ2v) is 5.22. The molecule has 112 valence electrons. The van der Waals surface area contributed by atoms with Crippen molar-refractivity contribution in [2.24, 2.45) is 0 Å². The van der Waals surface area contributed by atoms with Gasteiger partial charge in [0, 0.05) is 0 Å². The number of esters is 1. The molecule has 0 radical (unpaired) electrons. The first kappa shape index (κ1) is 13.9. The van der Waals surface area contributed by atoms with Gasteiger partial charge in [-0.15, -0.1) is 0 Å². The monoisotopic (exact) mass is 291 g/mol. The summed E-state index contributed by atoms with van der Waals surface area (Å²) in [7, 11) is 0. The van der Waals surface area contributed by atoms with Crippen molar-refractivity contribution in [2.45, 2.75) is 13.2 Å². The second-order valence-electron chi connectivity index (χ2n) is 5.22. The number of quaternary nitrogens is 1. The van der Waals surface area contributed by atoms with Crippen molar-refractivity contribution >= 4 is 12.1 Å². The highest BCUT2D eigenvalue weighted by Gasteiger charge is 2.40. The molecule has 1 fully saturated rings. The Morgan fingerprint density at radius 1 is 1.38 bits per heavy atom. The van der Waals surface area contributed by atoms with Gasteiger partial charge in [0.15, 0.2) is 0 Å². The van der Waals surface area contributed by atoms with E-state index in [0.717, 1.165) is 18.7 Å². The molecule has 0 saturated carbocycles. The first-order chi connectivity index (χ1) is 10.2. The van der Waals surface area contributed by atoms with Crippen LogP contribution in [-0.4, -0.2) is 49.7 Å². The molecule has 2 aliphatic rings. The zero-order chi connectivity index (χ0) is 14.8. The maximum absolute atomic E-state index is 11.9. The van der Waals surface area contributed by atoms with Gasteiger partial charge in [-0.05, 0) is 19.1 Å². The molecule has 0 unspecified atom stereocenters. The standard InChI is InChI=1S/C15H18N2O4/c1-2-20-15(19)17-9-7-16(8-10-17)13-11-5-3-4-6-12(11)14(18)21-13/h3-6,13H,2,7-10H2,1H3/p+1/t13-/m0/s1. The quantitative estimate of drug-likeness (QED) is 0.792. The highest BCUT2D eigenvalue weighted by molar-refractivity contribution is 5.93. The molecule has 6 nitrogen and oxygen atoms in total. The Morgan fingerprint density at radius 3 is 2.81 bits per heavy atom. The van der Waals surface area contributed by atoms with Gasteiger partial charge in [0.1, 0.15) is 0 Å². The lowest BCUT2D eigenvalue weighted by molar-refractivity contribution is -0.955. The van der Waals surface area contributed by atoms with Crippen molar-refractivity contribution < 1.29 is 24.0 Å². The molecule has 1 atom stereocenters. The minimum atomic E-state index is -0.264. The number of carbonyl (C=O) groups excluding carboxylic acids is 2. The molecule has 0 aliphatic carbocycles. The van der Waals surface area contributed by atoms with E-state index in [1.54, 1.807) is 17.9 Å². The molecule has 2 heterocycles.